The minimum absolute atomic E-state index is 0.00198. The highest BCUT2D eigenvalue weighted by Crippen LogP contribution is 2.26. The van der Waals surface area contributed by atoms with Gasteiger partial charge in [0, 0.05) is 16.9 Å². The SMILES string of the molecule is CC(C)(S)CC(=O)CN=C1CCCc2cc(OCCOCCOCCC(=O)O)ccc21. The molecule has 0 saturated heterocycles. The van der Waals surface area contributed by atoms with Gasteiger partial charge in [-0.3, -0.25) is 14.6 Å². The number of ether oxygens (including phenoxy) is 3. The van der Waals surface area contributed by atoms with Crippen LogP contribution in [0.1, 0.15) is 50.7 Å². The number of ketones is 1. The number of carbonyl (C=O) groups is 2. The highest BCUT2D eigenvalue weighted by Gasteiger charge is 2.19. The van der Waals surface area contributed by atoms with Gasteiger partial charge in [0.15, 0.2) is 5.78 Å². The first-order chi connectivity index (χ1) is 14.7. The normalized spacial score (nSPS) is 15.0. The van der Waals surface area contributed by atoms with Gasteiger partial charge < -0.3 is 19.3 Å². The molecule has 1 aromatic rings. The molecule has 0 amide bonds. The molecule has 0 aliphatic heterocycles. The first kappa shape index (κ1) is 25.4. The van der Waals surface area contributed by atoms with Gasteiger partial charge in [-0.25, -0.2) is 0 Å². The van der Waals surface area contributed by atoms with Gasteiger partial charge in [-0.05, 0) is 48.6 Å². The van der Waals surface area contributed by atoms with E-state index in [0.29, 0.717) is 32.8 Å². The molecule has 1 aliphatic rings. The average Bonchev–Trinajstić information content (AvgIpc) is 2.69. The third-order valence-electron chi connectivity index (χ3n) is 4.65. The number of hydrogen-bond acceptors (Lipinski definition) is 7. The first-order valence-electron chi connectivity index (χ1n) is 10.7. The number of hydrogen-bond donors (Lipinski definition) is 2. The van der Waals surface area contributed by atoms with Crippen LogP contribution in [0.3, 0.4) is 0 Å². The van der Waals surface area contributed by atoms with Gasteiger partial charge in [-0.1, -0.05) is 13.8 Å². The first-order valence-corrected chi connectivity index (χ1v) is 11.1. The fraction of sp³-hybridized carbons (Fsp3) is 0.609. The highest BCUT2D eigenvalue weighted by atomic mass is 32.1. The monoisotopic (exact) mass is 451 g/mol. The van der Waals surface area contributed by atoms with E-state index in [1.54, 1.807) is 0 Å². The van der Waals surface area contributed by atoms with Crippen molar-refractivity contribution in [2.75, 3.05) is 39.6 Å². The van der Waals surface area contributed by atoms with Gasteiger partial charge in [0.2, 0.25) is 0 Å². The molecule has 0 saturated carbocycles. The van der Waals surface area contributed by atoms with Crippen LogP contribution in [0.2, 0.25) is 0 Å². The van der Waals surface area contributed by atoms with E-state index < -0.39 is 5.97 Å². The molecule has 2 rings (SSSR count). The molecule has 0 atom stereocenters. The molecular weight excluding hydrogens is 418 g/mol. The minimum Gasteiger partial charge on any atom is -0.491 e. The van der Waals surface area contributed by atoms with Gasteiger partial charge in [0.1, 0.15) is 12.4 Å². The smallest absolute Gasteiger partial charge is 0.305 e. The van der Waals surface area contributed by atoms with E-state index >= 15 is 0 Å². The van der Waals surface area contributed by atoms with E-state index in [1.807, 2.05) is 32.0 Å². The molecule has 0 aromatic heterocycles. The zero-order chi connectivity index (χ0) is 22.7. The predicted octanol–water partition coefficient (Wildman–Crippen LogP) is 3.37. The van der Waals surface area contributed by atoms with Crippen LogP contribution in [-0.4, -0.2) is 66.9 Å². The number of nitrogens with zero attached hydrogens (tertiary/aromatic N) is 1. The van der Waals surface area contributed by atoms with Crippen molar-refractivity contribution in [3.05, 3.63) is 29.3 Å². The Morgan fingerprint density at radius 1 is 1.10 bits per heavy atom. The molecule has 0 spiro atoms. The van der Waals surface area contributed by atoms with E-state index in [9.17, 15) is 9.59 Å². The second-order valence-corrected chi connectivity index (χ2v) is 9.39. The second kappa shape index (κ2) is 12.8. The van der Waals surface area contributed by atoms with Gasteiger partial charge in [0.25, 0.3) is 0 Å². The summed E-state index contributed by atoms with van der Waals surface area (Å²) >= 11 is 4.42. The lowest BCUT2D eigenvalue weighted by Gasteiger charge is -2.20. The highest BCUT2D eigenvalue weighted by molar-refractivity contribution is 7.81. The molecule has 0 radical (unpaired) electrons. The van der Waals surface area contributed by atoms with Crippen molar-refractivity contribution >= 4 is 30.1 Å². The summed E-state index contributed by atoms with van der Waals surface area (Å²) in [4.78, 5) is 27.1. The molecule has 1 aromatic carbocycles. The van der Waals surface area contributed by atoms with Crippen molar-refractivity contribution in [1.29, 1.82) is 0 Å². The van der Waals surface area contributed by atoms with Crippen molar-refractivity contribution in [3.63, 3.8) is 0 Å². The summed E-state index contributed by atoms with van der Waals surface area (Å²) in [5, 5.41) is 8.52. The number of benzene rings is 1. The van der Waals surface area contributed by atoms with Crippen LogP contribution in [0, 0.1) is 0 Å². The lowest BCUT2D eigenvalue weighted by Crippen LogP contribution is -2.20. The van der Waals surface area contributed by atoms with Crippen molar-refractivity contribution < 1.29 is 28.9 Å². The standard InChI is InChI=1S/C23H33NO6S/c1-23(2,31)15-18(25)16-24-21-5-3-4-17-14-19(6-7-20(17)21)30-13-12-29-11-10-28-9-8-22(26)27/h6-7,14,31H,3-5,8-13,15-16H2,1-2H3,(H,26,27). The summed E-state index contributed by atoms with van der Waals surface area (Å²) < 4.78 is 16.0. The predicted molar refractivity (Wildman–Crippen MR) is 123 cm³/mol. The Bertz CT molecular complexity index is 772. The number of fused-ring (bicyclic) bond motifs is 1. The van der Waals surface area contributed by atoms with Gasteiger partial charge in [-0.2, -0.15) is 12.6 Å². The van der Waals surface area contributed by atoms with Gasteiger partial charge in [-0.15, -0.1) is 0 Å². The maximum absolute atomic E-state index is 12.1. The molecule has 1 aliphatic carbocycles. The zero-order valence-electron chi connectivity index (χ0n) is 18.4. The molecule has 0 bridgehead atoms. The van der Waals surface area contributed by atoms with Crippen molar-refractivity contribution in [3.8, 4) is 5.75 Å². The van der Waals surface area contributed by atoms with Crippen LogP contribution in [0.5, 0.6) is 5.75 Å². The topological polar surface area (TPSA) is 94.4 Å². The van der Waals surface area contributed by atoms with Crippen molar-refractivity contribution in [1.82, 2.24) is 0 Å². The van der Waals surface area contributed by atoms with E-state index in [1.165, 1.54) is 5.56 Å². The molecular formula is C23H33NO6S. The molecule has 7 nitrogen and oxygen atoms in total. The number of carbonyl (C=O) groups excluding carboxylic acids is 1. The Kier molecular flexibility index (Phi) is 10.5. The number of thiol groups is 1. The Morgan fingerprint density at radius 3 is 2.52 bits per heavy atom. The van der Waals surface area contributed by atoms with Gasteiger partial charge >= 0.3 is 5.97 Å². The van der Waals surface area contributed by atoms with Crippen molar-refractivity contribution in [2.45, 2.75) is 50.7 Å². The summed E-state index contributed by atoms with van der Waals surface area (Å²) in [6.45, 7) is 5.86. The summed E-state index contributed by atoms with van der Waals surface area (Å²) in [6, 6.07) is 5.98. The number of aliphatic carboxylic acids is 1. The molecule has 172 valence electrons. The number of carboxylic acid groups (broad SMARTS) is 1. The maximum atomic E-state index is 12.1. The van der Waals surface area contributed by atoms with E-state index in [0.717, 1.165) is 36.3 Å². The number of carboxylic acids is 1. The number of aliphatic imine (C=N–C) groups is 1. The Hall–Kier alpha value is -1.90. The lowest BCUT2D eigenvalue weighted by atomic mass is 9.90. The van der Waals surface area contributed by atoms with Crippen molar-refractivity contribution in [2.24, 2.45) is 4.99 Å². The lowest BCUT2D eigenvalue weighted by molar-refractivity contribution is -0.138. The molecule has 0 fully saturated rings. The molecule has 0 unspecified atom stereocenters. The quantitative estimate of drug-likeness (QED) is 0.333. The largest absolute Gasteiger partial charge is 0.491 e. The molecule has 8 heteroatoms. The maximum Gasteiger partial charge on any atom is 0.305 e. The van der Waals surface area contributed by atoms with E-state index in [-0.39, 0.29) is 30.1 Å². The van der Waals surface area contributed by atoms with Crippen LogP contribution in [0.15, 0.2) is 23.2 Å². The Labute approximate surface area is 189 Å². The Morgan fingerprint density at radius 2 is 1.81 bits per heavy atom. The van der Waals surface area contributed by atoms with E-state index in [2.05, 4.69) is 17.6 Å². The summed E-state index contributed by atoms with van der Waals surface area (Å²) in [6.07, 6.45) is 3.26. The number of Topliss-reactive ketones (excluding diaryl/α,β-unsaturated/α-hetero) is 1. The van der Waals surface area contributed by atoms with Crippen LogP contribution in [0.4, 0.5) is 0 Å². The molecule has 0 heterocycles. The van der Waals surface area contributed by atoms with Crippen LogP contribution in [0.25, 0.3) is 0 Å². The fourth-order valence-corrected chi connectivity index (χ4v) is 3.49. The van der Waals surface area contributed by atoms with E-state index in [4.69, 9.17) is 19.3 Å². The average molecular weight is 452 g/mol. The summed E-state index contributed by atoms with van der Waals surface area (Å²) in [5.41, 5.74) is 3.29. The molecule has 1 N–H and O–H groups in total. The van der Waals surface area contributed by atoms with Gasteiger partial charge in [0.05, 0.1) is 39.4 Å². The number of aryl methyl sites for hydroxylation is 1. The van der Waals surface area contributed by atoms with Crippen LogP contribution in [-0.2, 0) is 25.5 Å². The minimum atomic E-state index is -0.871. The third kappa shape index (κ3) is 10.3. The summed E-state index contributed by atoms with van der Waals surface area (Å²) in [7, 11) is 0. The Balaban J connectivity index is 1.75. The number of rotatable bonds is 14. The zero-order valence-corrected chi connectivity index (χ0v) is 19.3. The second-order valence-electron chi connectivity index (χ2n) is 8.18. The van der Waals surface area contributed by atoms with Crippen LogP contribution >= 0.6 is 12.6 Å². The summed E-state index contributed by atoms with van der Waals surface area (Å²) in [5.74, 6) is 0.0184. The molecule has 31 heavy (non-hydrogen) atoms. The van der Waals surface area contributed by atoms with Crippen LogP contribution < -0.4 is 4.74 Å². The third-order valence-corrected chi connectivity index (χ3v) is 4.81. The fourth-order valence-electron chi connectivity index (χ4n) is 3.32.